The number of nitrogens with one attached hydrogen (secondary N) is 2. The van der Waals surface area contributed by atoms with Gasteiger partial charge in [-0.05, 0) is 41.5 Å². The Morgan fingerprint density at radius 1 is 1.12 bits per heavy atom. The highest BCUT2D eigenvalue weighted by molar-refractivity contribution is 6.30. The van der Waals surface area contributed by atoms with Crippen LogP contribution in [-0.2, 0) is 24.3 Å². The zero-order chi connectivity index (χ0) is 28.8. The Morgan fingerprint density at radius 2 is 1.88 bits per heavy atom. The van der Waals surface area contributed by atoms with Crippen LogP contribution in [0.2, 0.25) is 5.02 Å². The number of hydrogen-bond acceptors (Lipinski definition) is 6. The fraction of sp³-hybridized carbons (Fsp3) is 0.258. The lowest BCUT2D eigenvalue weighted by atomic mass is 9.96. The second kappa shape index (κ2) is 12.9. The zero-order valence-corrected chi connectivity index (χ0v) is 23.4. The van der Waals surface area contributed by atoms with Crippen molar-refractivity contribution in [3.8, 4) is 11.5 Å². The minimum absolute atomic E-state index is 0.0309. The fourth-order valence-electron chi connectivity index (χ4n) is 4.92. The van der Waals surface area contributed by atoms with Crippen molar-refractivity contribution in [1.29, 1.82) is 0 Å². The normalized spacial score (nSPS) is 14.9. The molecule has 3 aromatic carbocycles. The Bertz CT molecular complexity index is 1500. The third kappa shape index (κ3) is 6.87. The van der Waals surface area contributed by atoms with Gasteiger partial charge in [0.2, 0.25) is 5.91 Å². The average molecular weight is 574 g/mol. The molecule has 2 heterocycles. The predicted molar refractivity (Wildman–Crippen MR) is 156 cm³/mol. The minimum Gasteiger partial charge on any atom is -0.497 e. The van der Waals surface area contributed by atoms with Gasteiger partial charge in [0.05, 0.1) is 31.3 Å². The molecule has 4 aromatic rings. The van der Waals surface area contributed by atoms with E-state index in [1.54, 1.807) is 25.3 Å². The molecule has 0 saturated heterocycles. The van der Waals surface area contributed by atoms with Gasteiger partial charge in [-0.1, -0.05) is 48.0 Å². The molecule has 212 valence electrons. The van der Waals surface area contributed by atoms with E-state index in [1.165, 1.54) is 0 Å². The number of primary amides is 1. The maximum absolute atomic E-state index is 13.4. The molecule has 1 aliphatic rings. The Kier molecular flexibility index (Phi) is 8.86. The number of para-hydroxylation sites is 1. The lowest BCUT2D eigenvalue weighted by Gasteiger charge is -2.28. The van der Waals surface area contributed by atoms with Crippen LogP contribution < -0.4 is 25.8 Å². The van der Waals surface area contributed by atoms with Crippen LogP contribution in [0.3, 0.4) is 0 Å². The number of aromatic nitrogens is 2. The second-order valence-electron chi connectivity index (χ2n) is 9.91. The molecule has 0 spiro atoms. The molecule has 1 aliphatic heterocycles. The summed E-state index contributed by atoms with van der Waals surface area (Å²) in [6.45, 7) is 1.71. The highest BCUT2D eigenvalue weighted by Crippen LogP contribution is 2.35. The number of methoxy groups -OCH3 is 1. The summed E-state index contributed by atoms with van der Waals surface area (Å²) in [6.07, 6.45) is 4.66. The van der Waals surface area contributed by atoms with E-state index in [4.69, 9.17) is 26.8 Å². The van der Waals surface area contributed by atoms with Crippen LogP contribution in [0, 0.1) is 0 Å². The Labute approximate surface area is 243 Å². The van der Waals surface area contributed by atoms with Crippen molar-refractivity contribution in [1.82, 2.24) is 20.2 Å². The van der Waals surface area contributed by atoms with E-state index in [0.717, 1.165) is 28.8 Å². The molecule has 0 radical (unpaired) electrons. The van der Waals surface area contributed by atoms with E-state index in [1.807, 2.05) is 61.1 Å². The molecule has 10 heteroatoms. The Balaban J connectivity index is 1.27. The topological polar surface area (TPSA) is 120 Å². The average Bonchev–Trinajstić information content (AvgIpc) is 3.43. The van der Waals surface area contributed by atoms with Gasteiger partial charge in [0.15, 0.2) is 0 Å². The van der Waals surface area contributed by atoms with E-state index in [2.05, 4.69) is 20.2 Å². The summed E-state index contributed by atoms with van der Waals surface area (Å²) in [6, 6.07) is 19.6. The second-order valence-corrected chi connectivity index (χ2v) is 10.4. The summed E-state index contributed by atoms with van der Waals surface area (Å²) in [5.74, 6) is 0.183. The number of hydrogen-bond donors (Lipinski definition) is 3. The number of amides is 2. The van der Waals surface area contributed by atoms with Crippen molar-refractivity contribution in [2.45, 2.75) is 38.0 Å². The van der Waals surface area contributed by atoms with Crippen LogP contribution >= 0.6 is 11.6 Å². The van der Waals surface area contributed by atoms with Gasteiger partial charge >= 0.3 is 0 Å². The molecule has 0 bridgehead atoms. The predicted octanol–water partition coefficient (Wildman–Crippen LogP) is 4.03. The Morgan fingerprint density at radius 3 is 2.61 bits per heavy atom. The van der Waals surface area contributed by atoms with Gasteiger partial charge in [-0.3, -0.25) is 9.59 Å². The standard InChI is InChI=1S/C31H32ClN5O4/c1-40-24-11-7-20(8-12-24)15-28(30(33)38)36-31(39)26-4-2-3-25-27(13-14-41-29(25)26)35-17-23-16-34-19-37(23)18-21-5-9-22(32)10-6-21/h2-12,16,19,27-28,35H,13-15,17-18H2,1H3,(H2,33,38)(H,36,39). The summed E-state index contributed by atoms with van der Waals surface area (Å²) in [4.78, 5) is 29.9. The first-order chi connectivity index (χ1) is 19.9. The molecule has 2 amide bonds. The first-order valence-electron chi connectivity index (χ1n) is 13.4. The quantitative estimate of drug-likeness (QED) is 0.249. The fourth-order valence-corrected chi connectivity index (χ4v) is 5.05. The monoisotopic (exact) mass is 573 g/mol. The number of rotatable bonds is 11. The number of halogens is 1. The van der Waals surface area contributed by atoms with Crippen molar-refractivity contribution in [2.24, 2.45) is 5.73 Å². The summed E-state index contributed by atoms with van der Waals surface area (Å²) < 4.78 is 13.3. The number of nitrogens with zero attached hydrogens (tertiary/aromatic N) is 2. The number of benzene rings is 3. The number of fused-ring (bicyclic) bond motifs is 1. The van der Waals surface area contributed by atoms with Gasteiger partial charge in [-0.2, -0.15) is 0 Å². The molecule has 0 aliphatic carbocycles. The number of carbonyl (C=O) groups excluding carboxylic acids is 2. The number of carbonyl (C=O) groups is 2. The van der Waals surface area contributed by atoms with E-state index < -0.39 is 17.9 Å². The Hall–Kier alpha value is -4.34. The van der Waals surface area contributed by atoms with Crippen LogP contribution in [0.1, 0.15) is 45.2 Å². The van der Waals surface area contributed by atoms with Gasteiger partial charge in [-0.25, -0.2) is 4.98 Å². The minimum atomic E-state index is -0.884. The lowest BCUT2D eigenvalue weighted by molar-refractivity contribution is -0.119. The highest BCUT2D eigenvalue weighted by Gasteiger charge is 2.28. The molecule has 9 nitrogen and oxygen atoms in total. The highest BCUT2D eigenvalue weighted by atomic mass is 35.5. The number of imidazole rings is 1. The first kappa shape index (κ1) is 28.2. The maximum atomic E-state index is 13.4. The van der Waals surface area contributed by atoms with Crippen molar-refractivity contribution >= 4 is 23.4 Å². The molecule has 0 fully saturated rings. The largest absolute Gasteiger partial charge is 0.497 e. The molecular formula is C31H32ClN5O4. The van der Waals surface area contributed by atoms with E-state index >= 15 is 0 Å². The number of nitrogens with two attached hydrogens (primary N) is 1. The molecule has 41 heavy (non-hydrogen) atoms. The molecule has 2 unspecified atom stereocenters. The van der Waals surface area contributed by atoms with Crippen LogP contribution in [-0.4, -0.2) is 41.1 Å². The molecule has 4 N–H and O–H groups in total. The third-order valence-electron chi connectivity index (χ3n) is 7.16. The lowest BCUT2D eigenvalue weighted by Crippen LogP contribution is -2.46. The van der Waals surface area contributed by atoms with Crippen molar-refractivity contribution < 1.29 is 19.1 Å². The molecule has 5 rings (SSSR count). The van der Waals surface area contributed by atoms with Crippen LogP contribution in [0.25, 0.3) is 0 Å². The van der Waals surface area contributed by atoms with Crippen LogP contribution in [0.5, 0.6) is 11.5 Å². The molecule has 2 atom stereocenters. The summed E-state index contributed by atoms with van der Waals surface area (Å²) in [5.41, 5.74) is 9.91. The van der Waals surface area contributed by atoms with E-state index in [-0.39, 0.29) is 12.5 Å². The van der Waals surface area contributed by atoms with E-state index in [9.17, 15) is 9.59 Å². The smallest absolute Gasteiger partial charge is 0.255 e. The van der Waals surface area contributed by atoms with Crippen molar-refractivity contribution in [2.75, 3.05) is 13.7 Å². The van der Waals surface area contributed by atoms with Crippen molar-refractivity contribution in [3.05, 3.63) is 112 Å². The van der Waals surface area contributed by atoms with E-state index in [0.29, 0.717) is 41.8 Å². The van der Waals surface area contributed by atoms with Crippen LogP contribution in [0.4, 0.5) is 0 Å². The summed E-state index contributed by atoms with van der Waals surface area (Å²) in [5, 5.41) is 7.11. The van der Waals surface area contributed by atoms with Gasteiger partial charge in [0, 0.05) is 48.8 Å². The van der Waals surface area contributed by atoms with Gasteiger partial charge in [-0.15, -0.1) is 0 Å². The van der Waals surface area contributed by atoms with Crippen LogP contribution in [0.15, 0.2) is 79.3 Å². The SMILES string of the molecule is COc1ccc(CC(NC(=O)c2cccc3c2OCCC3NCc2cncn2Cc2ccc(Cl)cc2)C(N)=O)cc1. The molecular weight excluding hydrogens is 542 g/mol. The van der Waals surface area contributed by atoms with Crippen molar-refractivity contribution in [3.63, 3.8) is 0 Å². The van der Waals surface area contributed by atoms with Gasteiger partial charge < -0.3 is 30.4 Å². The van der Waals surface area contributed by atoms with Gasteiger partial charge in [0.1, 0.15) is 17.5 Å². The first-order valence-corrected chi connectivity index (χ1v) is 13.7. The summed E-state index contributed by atoms with van der Waals surface area (Å²) in [7, 11) is 1.59. The maximum Gasteiger partial charge on any atom is 0.255 e. The molecule has 1 aromatic heterocycles. The third-order valence-corrected chi connectivity index (χ3v) is 7.41. The number of ether oxygens (including phenoxy) is 2. The summed E-state index contributed by atoms with van der Waals surface area (Å²) >= 11 is 6.02. The van der Waals surface area contributed by atoms with Gasteiger partial charge in [0.25, 0.3) is 5.91 Å². The zero-order valence-electron chi connectivity index (χ0n) is 22.7. The molecule has 0 saturated carbocycles.